The summed E-state index contributed by atoms with van der Waals surface area (Å²) < 4.78 is 39.9. The third-order valence-electron chi connectivity index (χ3n) is 3.26. The van der Waals surface area contributed by atoms with E-state index in [1.165, 1.54) is 31.6 Å². The maximum atomic E-state index is 13.0. The van der Waals surface area contributed by atoms with Gasteiger partial charge in [-0.1, -0.05) is 11.6 Å². The SMILES string of the molecule is CNc1nc(=O)n(-c2ccncc2Cl)c2nc(C(F)(F)F)ccc12. The minimum absolute atomic E-state index is 0.0825. The van der Waals surface area contributed by atoms with Gasteiger partial charge >= 0.3 is 11.9 Å². The van der Waals surface area contributed by atoms with Crippen LogP contribution in [0.2, 0.25) is 5.02 Å². The zero-order valence-electron chi connectivity index (χ0n) is 12.1. The normalized spacial score (nSPS) is 11.7. The van der Waals surface area contributed by atoms with Gasteiger partial charge in [-0.2, -0.15) is 18.2 Å². The minimum Gasteiger partial charge on any atom is -0.372 e. The summed E-state index contributed by atoms with van der Waals surface area (Å²) in [6.45, 7) is 0. The van der Waals surface area contributed by atoms with Crippen LogP contribution in [0, 0.1) is 0 Å². The molecule has 0 saturated carbocycles. The number of nitrogens with zero attached hydrogens (tertiary/aromatic N) is 4. The molecule has 0 aromatic carbocycles. The Morgan fingerprint density at radius 2 is 1.96 bits per heavy atom. The zero-order chi connectivity index (χ0) is 17.5. The third-order valence-corrected chi connectivity index (χ3v) is 3.55. The Hall–Kier alpha value is -2.68. The second-order valence-corrected chi connectivity index (χ2v) is 5.13. The number of hydrogen-bond acceptors (Lipinski definition) is 5. The lowest BCUT2D eigenvalue weighted by Crippen LogP contribution is -2.25. The highest BCUT2D eigenvalue weighted by Gasteiger charge is 2.33. The smallest absolute Gasteiger partial charge is 0.372 e. The van der Waals surface area contributed by atoms with Crippen LogP contribution in [0.25, 0.3) is 16.7 Å². The molecule has 0 spiro atoms. The number of fused-ring (bicyclic) bond motifs is 1. The molecule has 24 heavy (non-hydrogen) atoms. The molecule has 3 aromatic rings. The summed E-state index contributed by atoms with van der Waals surface area (Å²) in [5.41, 5.74) is -2.00. The highest BCUT2D eigenvalue weighted by molar-refractivity contribution is 6.32. The fourth-order valence-corrected chi connectivity index (χ4v) is 2.42. The predicted octanol–water partition coefficient (Wildman–Crippen LogP) is 2.89. The summed E-state index contributed by atoms with van der Waals surface area (Å²) in [5, 5.41) is 3.00. The third kappa shape index (κ3) is 2.67. The van der Waals surface area contributed by atoms with Crippen LogP contribution < -0.4 is 11.0 Å². The van der Waals surface area contributed by atoms with E-state index >= 15 is 0 Å². The number of halogens is 4. The summed E-state index contributed by atoms with van der Waals surface area (Å²) in [7, 11) is 1.50. The maximum absolute atomic E-state index is 13.0. The fraction of sp³-hybridized carbons (Fsp3) is 0.143. The molecular formula is C14H9ClF3N5O. The number of nitrogens with one attached hydrogen (secondary N) is 1. The van der Waals surface area contributed by atoms with Gasteiger partial charge in [0.1, 0.15) is 11.5 Å². The summed E-state index contributed by atoms with van der Waals surface area (Å²) in [5.74, 6) is 0.123. The van der Waals surface area contributed by atoms with E-state index in [-0.39, 0.29) is 27.6 Å². The molecule has 0 fully saturated rings. The molecule has 0 unspecified atom stereocenters. The molecule has 0 bridgehead atoms. The Kier molecular flexibility index (Phi) is 3.88. The first-order valence-corrected chi connectivity index (χ1v) is 6.99. The summed E-state index contributed by atoms with van der Waals surface area (Å²) in [4.78, 5) is 23.6. The maximum Gasteiger partial charge on any atom is 0.433 e. The Labute approximate surface area is 137 Å². The molecule has 6 nitrogen and oxygen atoms in total. The lowest BCUT2D eigenvalue weighted by atomic mass is 10.2. The van der Waals surface area contributed by atoms with E-state index in [9.17, 15) is 18.0 Å². The Balaban J connectivity index is 2.46. The molecule has 0 aliphatic rings. The van der Waals surface area contributed by atoms with Gasteiger partial charge in [0.2, 0.25) is 0 Å². The number of rotatable bonds is 2. The van der Waals surface area contributed by atoms with E-state index in [2.05, 4.69) is 20.3 Å². The van der Waals surface area contributed by atoms with E-state index in [0.717, 1.165) is 10.6 Å². The molecule has 0 amide bonds. The topological polar surface area (TPSA) is 72.7 Å². The van der Waals surface area contributed by atoms with Crippen molar-refractivity contribution in [3.63, 3.8) is 0 Å². The van der Waals surface area contributed by atoms with Gasteiger partial charge in [-0.3, -0.25) is 4.98 Å². The number of alkyl halides is 3. The van der Waals surface area contributed by atoms with Crippen molar-refractivity contribution in [1.29, 1.82) is 0 Å². The molecule has 1 N–H and O–H groups in total. The average Bonchev–Trinajstić information content (AvgIpc) is 2.54. The van der Waals surface area contributed by atoms with Crippen molar-refractivity contribution >= 4 is 28.5 Å². The van der Waals surface area contributed by atoms with Crippen molar-refractivity contribution in [2.45, 2.75) is 6.18 Å². The second-order valence-electron chi connectivity index (χ2n) is 4.72. The van der Waals surface area contributed by atoms with Gasteiger partial charge in [0, 0.05) is 19.4 Å². The Morgan fingerprint density at radius 3 is 2.58 bits per heavy atom. The van der Waals surface area contributed by atoms with Crippen LogP contribution in [0.4, 0.5) is 19.0 Å². The van der Waals surface area contributed by atoms with Gasteiger partial charge in [0.25, 0.3) is 0 Å². The first kappa shape index (κ1) is 16.2. The lowest BCUT2D eigenvalue weighted by Gasteiger charge is -2.14. The van der Waals surface area contributed by atoms with Crippen LogP contribution in [0.5, 0.6) is 0 Å². The Morgan fingerprint density at radius 1 is 1.21 bits per heavy atom. The van der Waals surface area contributed by atoms with Gasteiger partial charge in [-0.15, -0.1) is 0 Å². The van der Waals surface area contributed by atoms with Crippen molar-refractivity contribution in [1.82, 2.24) is 19.5 Å². The highest BCUT2D eigenvalue weighted by Crippen LogP contribution is 2.31. The fourth-order valence-electron chi connectivity index (χ4n) is 2.21. The average molecular weight is 356 g/mol. The van der Waals surface area contributed by atoms with Crippen LogP contribution in [0.1, 0.15) is 5.69 Å². The van der Waals surface area contributed by atoms with Crippen molar-refractivity contribution in [2.24, 2.45) is 0 Å². The van der Waals surface area contributed by atoms with E-state index < -0.39 is 17.6 Å². The second kappa shape index (κ2) is 5.75. The molecule has 124 valence electrons. The molecule has 3 rings (SSSR count). The molecule has 0 radical (unpaired) electrons. The van der Waals surface area contributed by atoms with Gasteiger partial charge in [-0.05, 0) is 18.2 Å². The van der Waals surface area contributed by atoms with Crippen molar-refractivity contribution in [3.05, 3.63) is 51.8 Å². The summed E-state index contributed by atoms with van der Waals surface area (Å²) in [6, 6.07) is 3.43. The van der Waals surface area contributed by atoms with Crippen molar-refractivity contribution < 1.29 is 13.2 Å². The molecule has 0 atom stereocenters. The van der Waals surface area contributed by atoms with Crippen LogP contribution in [-0.4, -0.2) is 26.6 Å². The summed E-state index contributed by atoms with van der Waals surface area (Å²) >= 11 is 6.02. The number of pyridine rings is 2. The first-order valence-electron chi connectivity index (χ1n) is 6.61. The molecular weight excluding hydrogens is 347 g/mol. The van der Waals surface area contributed by atoms with Gasteiger partial charge in [0.15, 0.2) is 5.65 Å². The monoisotopic (exact) mass is 355 g/mol. The lowest BCUT2D eigenvalue weighted by molar-refractivity contribution is -0.141. The van der Waals surface area contributed by atoms with Gasteiger partial charge in [0.05, 0.1) is 16.1 Å². The van der Waals surface area contributed by atoms with E-state index in [4.69, 9.17) is 11.6 Å². The van der Waals surface area contributed by atoms with Crippen LogP contribution in [-0.2, 0) is 6.18 Å². The Bertz CT molecular complexity index is 986. The largest absolute Gasteiger partial charge is 0.433 e. The number of aromatic nitrogens is 4. The van der Waals surface area contributed by atoms with Crippen LogP contribution in [0.15, 0.2) is 35.4 Å². The molecule has 0 saturated heterocycles. The zero-order valence-corrected chi connectivity index (χ0v) is 12.9. The minimum atomic E-state index is -4.65. The highest BCUT2D eigenvalue weighted by atomic mass is 35.5. The van der Waals surface area contributed by atoms with E-state index in [1.54, 1.807) is 0 Å². The van der Waals surface area contributed by atoms with Gasteiger partial charge in [-0.25, -0.2) is 14.3 Å². The quantitative estimate of drug-likeness (QED) is 0.765. The molecule has 0 aliphatic heterocycles. The summed E-state index contributed by atoms with van der Waals surface area (Å²) in [6.07, 6.45) is -2.02. The van der Waals surface area contributed by atoms with E-state index in [1.807, 2.05) is 0 Å². The molecule has 3 heterocycles. The predicted molar refractivity (Wildman–Crippen MR) is 82.5 cm³/mol. The van der Waals surface area contributed by atoms with E-state index in [0.29, 0.717) is 0 Å². The van der Waals surface area contributed by atoms with Crippen LogP contribution >= 0.6 is 11.6 Å². The first-order chi connectivity index (χ1) is 11.3. The standard InChI is InChI=1S/C14H9ClF3N5O/c1-19-11-7-2-3-10(14(16,17)18)21-12(7)23(13(24)22-11)9-4-5-20-6-8(9)15/h2-6H,1H3,(H,19,22,24). The van der Waals surface area contributed by atoms with Crippen LogP contribution in [0.3, 0.4) is 0 Å². The molecule has 10 heteroatoms. The number of anilines is 1. The molecule has 0 aliphatic carbocycles. The van der Waals surface area contributed by atoms with Crippen molar-refractivity contribution in [2.75, 3.05) is 12.4 Å². The molecule has 3 aromatic heterocycles. The van der Waals surface area contributed by atoms with Gasteiger partial charge < -0.3 is 5.32 Å². The van der Waals surface area contributed by atoms with Crippen molar-refractivity contribution in [3.8, 4) is 5.69 Å². The number of hydrogen-bond donors (Lipinski definition) is 1.